The highest BCUT2D eigenvalue weighted by Crippen LogP contribution is 2.43. The van der Waals surface area contributed by atoms with Crippen LogP contribution in [0, 0.1) is 23.6 Å². The van der Waals surface area contributed by atoms with Gasteiger partial charge in [-0.15, -0.1) is 0 Å². The molecule has 2 aliphatic heterocycles. The Balaban J connectivity index is 1.02. The number of aromatic nitrogens is 2. The van der Waals surface area contributed by atoms with Crippen LogP contribution >= 0.6 is 0 Å². The molecule has 7 atom stereocenters. The molecule has 39 heavy (non-hydrogen) atoms. The molecule has 0 radical (unpaired) electrons. The van der Waals surface area contributed by atoms with E-state index in [0.717, 1.165) is 49.6 Å². The van der Waals surface area contributed by atoms with Crippen molar-refractivity contribution >= 4 is 16.8 Å². The number of hydrogen-bond donors (Lipinski definition) is 3. The third-order valence-corrected chi connectivity index (χ3v) is 9.70. The Morgan fingerprint density at radius 1 is 1.18 bits per heavy atom. The van der Waals surface area contributed by atoms with E-state index in [1.807, 2.05) is 17.8 Å². The number of piperidine rings is 1. The van der Waals surface area contributed by atoms with E-state index in [1.165, 1.54) is 11.6 Å². The molecule has 1 aromatic heterocycles. The third kappa shape index (κ3) is 4.50. The number of hydrogen-bond acceptors (Lipinski definition) is 6. The molecule has 2 saturated heterocycles. The summed E-state index contributed by atoms with van der Waals surface area (Å²) < 4.78 is 21.9. The van der Waals surface area contributed by atoms with Gasteiger partial charge in [-0.1, -0.05) is 12.1 Å². The zero-order valence-electron chi connectivity index (χ0n) is 22.6. The molecule has 8 nitrogen and oxygen atoms in total. The average Bonchev–Trinajstić information content (AvgIpc) is 3.71. The van der Waals surface area contributed by atoms with E-state index in [2.05, 4.69) is 50.6 Å². The molecule has 7 rings (SSSR count). The molecule has 0 spiro atoms. The van der Waals surface area contributed by atoms with Crippen LogP contribution in [0.4, 0.5) is 4.39 Å². The summed E-state index contributed by atoms with van der Waals surface area (Å²) in [6.45, 7) is 1.46. The number of benzene rings is 2. The maximum atomic E-state index is 14.6. The molecular formula is C30H37FN6O2. The van der Waals surface area contributed by atoms with Crippen molar-refractivity contribution < 1.29 is 13.9 Å². The minimum absolute atomic E-state index is 0.0109. The van der Waals surface area contributed by atoms with Gasteiger partial charge in [0, 0.05) is 61.3 Å². The van der Waals surface area contributed by atoms with Gasteiger partial charge in [0.2, 0.25) is 5.91 Å². The number of methoxy groups -OCH3 is 1. The summed E-state index contributed by atoms with van der Waals surface area (Å²) in [5.74, 6) is 1.45. The highest BCUT2D eigenvalue weighted by molar-refractivity contribution is 5.80. The highest BCUT2D eigenvalue weighted by Gasteiger charge is 2.47. The number of halogens is 1. The summed E-state index contributed by atoms with van der Waals surface area (Å²) >= 11 is 0. The van der Waals surface area contributed by atoms with E-state index in [-0.39, 0.29) is 35.8 Å². The lowest BCUT2D eigenvalue weighted by atomic mass is 9.74. The molecule has 3 heterocycles. The van der Waals surface area contributed by atoms with Gasteiger partial charge >= 0.3 is 0 Å². The van der Waals surface area contributed by atoms with Gasteiger partial charge in [0.25, 0.3) is 0 Å². The van der Waals surface area contributed by atoms with Crippen LogP contribution in [0.2, 0.25) is 0 Å². The zero-order chi connectivity index (χ0) is 26.7. The Bertz CT molecular complexity index is 1390. The van der Waals surface area contributed by atoms with Gasteiger partial charge in [-0.25, -0.2) is 9.82 Å². The molecule has 4 aliphatic rings. The lowest BCUT2D eigenvalue weighted by Gasteiger charge is -2.36. The Morgan fingerprint density at radius 2 is 2.08 bits per heavy atom. The number of hydrazine groups is 1. The van der Waals surface area contributed by atoms with Crippen molar-refractivity contribution in [3.05, 3.63) is 59.5 Å². The van der Waals surface area contributed by atoms with Gasteiger partial charge in [0.15, 0.2) is 0 Å². The molecule has 3 N–H and O–H groups in total. The third-order valence-electron chi connectivity index (χ3n) is 9.70. The Kier molecular flexibility index (Phi) is 6.33. The number of carbonyl (C=O) groups excluding carboxylic acids is 1. The standard InChI is InChI=1S/C30H37FN6O2/c1-36-15-20-12-18(6-8-24(20)35-36)29-21-13-19(7-9-25(21)33-34-29)30(38)32-26-10-17-11-27(26)37(14-17)16-22-23(31)4-3-5-28(22)39-2/h3-6,8,12,15,17,19,21,25-27,29,33-34H,7,9-11,13-14,16H2,1-2H3,(H,32,38)/t17-,19?,21?,25?,26-,27-,29?/m1/s1. The number of aryl methyl sites for hydroxylation is 1. The minimum Gasteiger partial charge on any atom is -0.496 e. The van der Waals surface area contributed by atoms with E-state index < -0.39 is 0 Å². The van der Waals surface area contributed by atoms with Crippen molar-refractivity contribution in [3.63, 3.8) is 0 Å². The van der Waals surface area contributed by atoms with Crippen LogP contribution in [0.1, 0.15) is 49.3 Å². The predicted octanol–water partition coefficient (Wildman–Crippen LogP) is 3.43. The van der Waals surface area contributed by atoms with Crippen LogP contribution < -0.4 is 20.9 Å². The fraction of sp³-hybridized carbons (Fsp3) is 0.533. The topological polar surface area (TPSA) is 83.4 Å². The molecule has 1 amide bonds. The maximum Gasteiger partial charge on any atom is 0.223 e. The molecular weight excluding hydrogens is 495 g/mol. The van der Waals surface area contributed by atoms with Crippen LogP contribution in [0.3, 0.4) is 0 Å². The molecule has 3 aromatic rings. The highest BCUT2D eigenvalue weighted by atomic mass is 19.1. The number of fused-ring (bicyclic) bond motifs is 4. The zero-order valence-corrected chi connectivity index (χ0v) is 22.6. The van der Waals surface area contributed by atoms with Crippen LogP contribution in [0.25, 0.3) is 10.9 Å². The number of carbonyl (C=O) groups is 1. The molecule has 9 heteroatoms. The molecule has 2 aromatic carbocycles. The number of rotatable bonds is 6. The second-order valence-electron chi connectivity index (χ2n) is 12.0. The van der Waals surface area contributed by atoms with Crippen LogP contribution in [-0.2, 0) is 18.4 Å². The summed E-state index contributed by atoms with van der Waals surface area (Å²) in [6.07, 6.45) is 6.87. The molecule has 4 fully saturated rings. The van der Waals surface area contributed by atoms with Gasteiger partial charge < -0.3 is 10.1 Å². The van der Waals surface area contributed by atoms with Gasteiger partial charge in [0.05, 0.1) is 18.7 Å². The van der Waals surface area contributed by atoms with Crippen molar-refractivity contribution in [2.45, 2.75) is 62.8 Å². The lowest BCUT2D eigenvalue weighted by Crippen LogP contribution is -2.52. The van der Waals surface area contributed by atoms with Crippen molar-refractivity contribution in [1.82, 2.24) is 30.8 Å². The Labute approximate surface area is 228 Å². The maximum absolute atomic E-state index is 14.6. The molecule has 2 aliphatic carbocycles. The van der Waals surface area contributed by atoms with Crippen molar-refractivity contribution in [2.75, 3.05) is 13.7 Å². The summed E-state index contributed by atoms with van der Waals surface area (Å²) in [6, 6.07) is 12.4. The first-order chi connectivity index (χ1) is 19.0. The molecule has 206 valence electrons. The Hall–Kier alpha value is -3.01. The number of ether oxygens (including phenoxy) is 1. The number of likely N-dealkylation sites (tertiary alicyclic amines) is 1. The fourth-order valence-electron chi connectivity index (χ4n) is 7.85. The van der Waals surface area contributed by atoms with Crippen LogP contribution in [0.5, 0.6) is 5.75 Å². The quantitative estimate of drug-likeness (QED) is 0.451. The van der Waals surface area contributed by atoms with Gasteiger partial charge in [0.1, 0.15) is 11.6 Å². The summed E-state index contributed by atoms with van der Waals surface area (Å²) in [5.41, 5.74) is 9.88. The molecule has 4 unspecified atom stereocenters. The van der Waals surface area contributed by atoms with Crippen LogP contribution in [0.15, 0.2) is 42.6 Å². The summed E-state index contributed by atoms with van der Waals surface area (Å²) in [5, 5.41) is 9.08. The van der Waals surface area contributed by atoms with E-state index in [9.17, 15) is 9.18 Å². The largest absolute Gasteiger partial charge is 0.496 e. The van der Waals surface area contributed by atoms with Crippen LogP contribution in [-0.4, -0.2) is 52.4 Å². The van der Waals surface area contributed by atoms with Gasteiger partial charge in [-0.05, 0) is 73.8 Å². The Morgan fingerprint density at radius 3 is 2.92 bits per heavy atom. The van der Waals surface area contributed by atoms with Crippen molar-refractivity contribution in [2.24, 2.45) is 24.8 Å². The first-order valence-electron chi connectivity index (χ1n) is 14.3. The van der Waals surface area contributed by atoms with Crippen molar-refractivity contribution in [3.8, 4) is 5.75 Å². The first kappa shape index (κ1) is 25.0. The van der Waals surface area contributed by atoms with Gasteiger partial charge in [-0.2, -0.15) is 5.10 Å². The summed E-state index contributed by atoms with van der Waals surface area (Å²) in [7, 11) is 3.53. The first-order valence-corrected chi connectivity index (χ1v) is 14.3. The number of amides is 1. The second kappa shape index (κ2) is 9.87. The van der Waals surface area contributed by atoms with E-state index in [0.29, 0.717) is 35.7 Å². The SMILES string of the molecule is COc1cccc(F)c1CN1C[C@H]2C[C@@H]1[C@H](NC(=O)C1CCC3NNC(c4ccc5nn(C)cc5c4)C3C1)C2. The fourth-order valence-corrected chi connectivity index (χ4v) is 7.85. The van der Waals surface area contributed by atoms with Crippen molar-refractivity contribution in [1.29, 1.82) is 0 Å². The lowest BCUT2D eigenvalue weighted by molar-refractivity contribution is -0.127. The minimum atomic E-state index is -0.231. The van der Waals surface area contributed by atoms with E-state index in [1.54, 1.807) is 13.2 Å². The van der Waals surface area contributed by atoms with Gasteiger partial charge in [-0.3, -0.25) is 19.8 Å². The van der Waals surface area contributed by atoms with E-state index >= 15 is 0 Å². The number of nitrogens with zero attached hydrogens (tertiary/aromatic N) is 3. The molecule has 2 bridgehead atoms. The smallest absolute Gasteiger partial charge is 0.223 e. The number of nitrogens with one attached hydrogen (secondary N) is 3. The second-order valence-corrected chi connectivity index (χ2v) is 12.0. The predicted molar refractivity (Wildman–Crippen MR) is 146 cm³/mol. The van der Waals surface area contributed by atoms with E-state index in [4.69, 9.17) is 4.74 Å². The molecule has 2 saturated carbocycles. The summed E-state index contributed by atoms with van der Waals surface area (Å²) in [4.78, 5) is 15.9. The normalized spacial score (nSPS) is 32.0. The monoisotopic (exact) mass is 532 g/mol. The average molecular weight is 533 g/mol.